The molecular weight excluding hydrogens is 558 g/mol. The summed E-state index contributed by atoms with van der Waals surface area (Å²) >= 11 is 0. The van der Waals surface area contributed by atoms with Gasteiger partial charge >= 0.3 is 0 Å². The number of nitrogens with zero attached hydrogens (tertiary/aromatic N) is 4. The summed E-state index contributed by atoms with van der Waals surface area (Å²) in [6.07, 6.45) is -4.89. The lowest BCUT2D eigenvalue weighted by atomic mass is 9.96. The van der Waals surface area contributed by atoms with Crippen molar-refractivity contribution in [2.45, 2.75) is 37.4 Å². The molecule has 1 aromatic heterocycles. The summed E-state index contributed by atoms with van der Waals surface area (Å²) < 4.78 is 35.5. The number of aliphatic hydroxyl groups excluding tert-OH is 3. The van der Waals surface area contributed by atoms with Gasteiger partial charge in [0, 0.05) is 56.8 Å². The third kappa shape index (κ3) is 6.09. The number of benzene rings is 2. The summed E-state index contributed by atoms with van der Waals surface area (Å²) in [6.45, 7) is 5.20. The molecular formula is C30H37N5O6S. The molecule has 0 radical (unpaired) electrons. The third-order valence-electron chi connectivity index (χ3n) is 8.25. The molecule has 3 heterocycles. The van der Waals surface area contributed by atoms with Crippen LogP contribution in [0.1, 0.15) is 12.6 Å². The van der Waals surface area contributed by atoms with Crippen LogP contribution in [0.3, 0.4) is 0 Å². The first-order chi connectivity index (χ1) is 20.0. The van der Waals surface area contributed by atoms with E-state index in [1.807, 2.05) is 16.7 Å². The molecule has 224 valence electrons. The van der Waals surface area contributed by atoms with Gasteiger partial charge in [-0.1, -0.05) is 18.2 Å². The van der Waals surface area contributed by atoms with Crippen LogP contribution in [-0.4, -0.2) is 103 Å². The normalized spacial score (nSPS) is 26.0. The minimum absolute atomic E-state index is 0.386. The van der Waals surface area contributed by atoms with Crippen LogP contribution >= 0.6 is 0 Å². The van der Waals surface area contributed by atoms with E-state index in [2.05, 4.69) is 51.9 Å². The fraction of sp³-hybridized carbons (Fsp3) is 0.433. The van der Waals surface area contributed by atoms with Crippen molar-refractivity contribution in [1.29, 1.82) is 5.26 Å². The van der Waals surface area contributed by atoms with E-state index in [9.17, 15) is 29.0 Å². The molecule has 4 N–H and O–H groups in total. The molecule has 42 heavy (non-hydrogen) atoms. The van der Waals surface area contributed by atoms with E-state index < -0.39 is 45.4 Å². The van der Waals surface area contributed by atoms with Crippen LogP contribution in [0.5, 0.6) is 0 Å². The number of rotatable bonds is 7. The average molecular weight is 596 g/mol. The van der Waals surface area contributed by atoms with Crippen LogP contribution in [0.25, 0.3) is 28.1 Å². The van der Waals surface area contributed by atoms with Crippen molar-refractivity contribution in [2.24, 2.45) is 7.05 Å². The Labute approximate surface area is 245 Å². The molecule has 5 atom stereocenters. The van der Waals surface area contributed by atoms with E-state index in [0.29, 0.717) is 5.69 Å². The molecule has 2 saturated heterocycles. The maximum absolute atomic E-state index is 13.0. The molecule has 0 aliphatic carbocycles. The van der Waals surface area contributed by atoms with Crippen LogP contribution in [0.15, 0.2) is 53.4 Å². The molecule has 12 heteroatoms. The zero-order chi connectivity index (χ0) is 30.2. The maximum atomic E-state index is 13.0. The molecule has 5 unspecified atom stereocenters. The average Bonchev–Trinajstić information content (AvgIpc) is 3.35. The van der Waals surface area contributed by atoms with Crippen LogP contribution < -0.4 is 9.62 Å². The smallest absolute Gasteiger partial charge is 0.250 e. The highest BCUT2D eigenvalue weighted by Crippen LogP contribution is 2.30. The molecule has 5 rings (SSSR count). The first-order valence-corrected chi connectivity index (χ1v) is 15.4. The second kappa shape index (κ2) is 12.1. The number of aromatic nitrogens is 1. The maximum Gasteiger partial charge on any atom is 0.250 e. The monoisotopic (exact) mass is 595 g/mol. The fourth-order valence-electron chi connectivity index (χ4n) is 5.49. The number of nitrogens with one attached hydrogen (secondary N) is 1. The Bertz CT molecular complexity index is 1620. The Balaban J connectivity index is 1.33. The minimum Gasteiger partial charge on any atom is -0.388 e. The first kappa shape index (κ1) is 30.2. The molecule has 0 saturated carbocycles. The summed E-state index contributed by atoms with van der Waals surface area (Å²) in [4.78, 5) is 4.22. The van der Waals surface area contributed by atoms with E-state index in [1.54, 1.807) is 19.2 Å². The number of hydrogen-bond donors (Lipinski definition) is 4. The molecule has 0 spiro atoms. The molecule has 0 amide bonds. The van der Waals surface area contributed by atoms with Gasteiger partial charge in [0.1, 0.15) is 30.5 Å². The summed E-state index contributed by atoms with van der Waals surface area (Å²) in [7, 11) is -0.322. The number of allylic oxidation sites excluding steroid dienone is 1. The van der Waals surface area contributed by atoms with Crippen LogP contribution in [0.2, 0.25) is 0 Å². The van der Waals surface area contributed by atoms with Gasteiger partial charge in [-0.2, -0.15) is 5.26 Å². The van der Waals surface area contributed by atoms with Gasteiger partial charge in [0.15, 0.2) is 4.91 Å². The number of nitriles is 1. The SMILES string of the molecule is CC1OC(CNS(=O)(=O)C(C#N)=Cc2ccc(-c3ccc4cc(N5CCN(C)CC5)ccc4c3)n2C)C(O)C(O)C1O. The Morgan fingerprint density at radius 2 is 1.69 bits per heavy atom. The van der Waals surface area contributed by atoms with Crippen molar-refractivity contribution in [3.8, 4) is 17.3 Å². The van der Waals surface area contributed by atoms with E-state index in [-0.39, 0.29) is 6.54 Å². The fourth-order valence-corrected chi connectivity index (χ4v) is 6.43. The number of ether oxygens (including phenoxy) is 1. The molecule has 11 nitrogen and oxygen atoms in total. The first-order valence-electron chi connectivity index (χ1n) is 13.9. The highest BCUT2D eigenvalue weighted by atomic mass is 32.2. The van der Waals surface area contributed by atoms with E-state index in [1.165, 1.54) is 18.7 Å². The van der Waals surface area contributed by atoms with Gasteiger partial charge in [0.05, 0.1) is 6.10 Å². The van der Waals surface area contributed by atoms with Crippen molar-refractivity contribution >= 4 is 32.6 Å². The molecule has 2 aliphatic heterocycles. The lowest BCUT2D eigenvalue weighted by Gasteiger charge is -2.39. The number of aliphatic hydroxyl groups is 3. The molecule has 3 aromatic rings. The Morgan fingerprint density at radius 1 is 1.00 bits per heavy atom. The Kier molecular flexibility index (Phi) is 8.73. The van der Waals surface area contributed by atoms with Gasteiger partial charge in [0.2, 0.25) is 0 Å². The highest BCUT2D eigenvalue weighted by molar-refractivity contribution is 7.93. The predicted octanol–water partition coefficient (Wildman–Crippen LogP) is 1.25. The molecule has 2 aliphatic rings. The number of piperazine rings is 1. The standard InChI is InChI=1S/C30H37N5O6S/c1-19-28(36)30(38)29(37)27(41-19)18-32-42(39,40)25(17-31)16-23-8-9-26(34(23)3)22-5-4-21-15-24(7-6-20(21)14-22)35-12-10-33(2)11-13-35/h4-9,14-16,19,27-30,32,36-38H,10-13,18H2,1-3H3. The number of fused-ring (bicyclic) bond motifs is 1. The largest absolute Gasteiger partial charge is 0.388 e. The summed E-state index contributed by atoms with van der Waals surface area (Å²) in [5.41, 5.74) is 3.53. The van der Waals surface area contributed by atoms with Gasteiger partial charge in [-0.3, -0.25) is 0 Å². The summed E-state index contributed by atoms with van der Waals surface area (Å²) in [5.74, 6) is 0. The lowest BCUT2D eigenvalue weighted by Crippen LogP contribution is -2.59. The van der Waals surface area contributed by atoms with E-state index >= 15 is 0 Å². The van der Waals surface area contributed by atoms with Gasteiger partial charge in [-0.15, -0.1) is 0 Å². The third-order valence-corrected chi connectivity index (χ3v) is 9.59. The second-order valence-corrected chi connectivity index (χ2v) is 12.8. The molecule has 2 fully saturated rings. The van der Waals surface area contributed by atoms with Crippen molar-refractivity contribution in [3.63, 3.8) is 0 Å². The van der Waals surface area contributed by atoms with Crippen molar-refractivity contribution < 1.29 is 28.5 Å². The van der Waals surface area contributed by atoms with Crippen molar-refractivity contribution in [3.05, 3.63) is 59.1 Å². The number of hydrogen-bond acceptors (Lipinski definition) is 9. The van der Waals surface area contributed by atoms with Crippen LogP contribution in [0, 0.1) is 11.3 Å². The van der Waals surface area contributed by atoms with E-state index in [0.717, 1.165) is 48.2 Å². The number of likely N-dealkylation sites (N-methyl/N-ethyl adjacent to an activating group) is 1. The molecule has 2 aromatic carbocycles. The highest BCUT2D eigenvalue weighted by Gasteiger charge is 2.42. The zero-order valence-electron chi connectivity index (χ0n) is 23.9. The molecule has 0 bridgehead atoms. The summed E-state index contributed by atoms with van der Waals surface area (Å²) in [6, 6.07) is 18.1. The second-order valence-electron chi connectivity index (χ2n) is 11.1. The predicted molar refractivity (Wildman–Crippen MR) is 161 cm³/mol. The van der Waals surface area contributed by atoms with Gasteiger partial charge in [-0.05, 0) is 66.7 Å². The summed E-state index contributed by atoms with van der Waals surface area (Å²) in [5, 5.41) is 42.0. The van der Waals surface area contributed by atoms with E-state index in [4.69, 9.17) is 4.74 Å². The minimum atomic E-state index is -4.26. The van der Waals surface area contributed by atoms with Crippen molar-refractivity contribution in [1.82, 2.24) is 14.2 Å². The number of anilines is 1. The Hall–Kier alpha value is -3.28. The van der Waals surface area contributed by atoms with Crippen LogP contribution in [-0.2, 0) is 21.8 Å². The van der Waals surface area contributed by atoms with Gasteiger partial charge in [-0.25, -0.2) is 13.1 Å². The van der Waals surface area contributed by atoms with Gasteiger partial charge < -0.3 is 34.4 Å². The van der Waals surface area contributed by atoms with Crippen LogP contribution in [0.4, 0.5) is 5.69 Å². The Morgan fingerprint density at radius 3 is 2.40 bits per heavy atom. The topological polar surface area (TPSA) is 151 Å². The van der Waals surface area contributed by atoms with Gasteiger partial charge in [0.25, 0.3) is 10.0 Å². The van der Waals surface area contributed by atoms with Crippen molar-refractivity contribution in [2.75, 3.05) is 44.7 Å². The quantitative estimate of drug-likeness (QED) is 0.296. The number of sulfonamides is 1. The zero-order valence-corrected chi connectivity index (χ0v) is 24.7. The lowest BCUT2D eigenvalue weighted by molar-refractivity contribution is -0.214.